The van der Waals surface area contributed by atoms with Crippen LogP contribution in [0.25, 0.3) is 0 Å². The topological polar surface area (TPSA) is 47.9 Å². The summed E-state index contributed by atoms with van der Waals surface area (Å²) in [6, 6.07) is 25.2. The zero-order valence-corrected chi connectivity index (χ0v) is 15.7. The summed E-state index contributed by atoms with van der Waals surface area (Å²) >= 11 is 0. The minimum Gasteiger partial charge on any atom is -0.489 e. The van der Waals surface area contributed by atoms with Gasteiger partial charge in [-0.15, -0.1) is 0 Å². The van der Waals surface area contributed by atoms with Crippen LogP contribution in [0.3, 0.4) is 0 Å². The van der Waals surface area contributed by atoms with Crippen LogP contribution < -0.4 is 9.47 Å². The maximum absolute atomic E-state index is 10.9. The van der Waals surface area contributed by atoms with Gasteiger partial charge in [-0.3, -0.25) is 0 Å². The molecule has 4 nitrogen and oxygen atoms in total. The lowest BCUT2D eigenvalue weighted by atomic mass is 10.0. The van der Waals surface area contributed by atoms with Crippen molar-refractivity contribution >= 4 is 0 Å². The Labute approximate surface area is 165 Å². The highest BCUT2D eigenvalue weighted by molar-refractivity contribution is 5.41. The lowest BCUT2D eigenvalue weighted by Crippen LogP contribution is -2.15. The summed E-state index contributed by atoms with van der Waals surface area (Å²) in [5.41, 5.74) is 2.63. The van der Waals surface area contributed by atoms with Crippen molar-refractivity contribution in [3.8, 4) is 11.5 Å². The molecule has 0 aromatic heterocycles. The molecule has 0 radical (unpaired) electrons. The van der Waals surface area contributed by atoms with Crippen molar-refractivity contribution in [3.63, 3.8) is 0 Å². The second-order valence-electron chi connectivity index (χ2n) is 6.89. The summed E-state index contributed by atoms with van der Waals surface area (Å²) in [5.74, 6) is 1.47. The first-order chi connectivity index (χ1) is 13.8. The van der Waals surface area contributed by atoms with Crippen molar-refractivity contribution in [1.29, 1.82) is 0 Å². The molecule has 1 aliphatic heterocycles. The van der Waals surface area contributed by atoms with E-state index in [0.29, 0.717) is 19.0 Å². The third-order valence-corrected chi connectivity index (χ3v) is 4.84. The number of hydrogen-bond acceptors (Lipinski definition) is 4. The number of hydrogen-bond donors (Lipinski definition) is 1. The van der Waals surface area contributed by atoms with Crippen LogP contribution in [0.1, 0.15) is 29.2 Å². The Morgan fingerprint density at radius 2 is 1.68 bits per heavy atom. The van der Waals surface area contributed by atoms with E-state index in [0.717, 1.165) is 35.5 Å². The van der Waals surface area contributed by atoms with Gasteiger partial charge < -0.3 is 19.3 Å². The van der Waals surface area contributed by atoms with E-state index in [9.17, 15) is 5.11 Å². The van der Waals surface area contributed by atoms with Crippen molar-refractivity contribution in [2.75, 3.05) is 13.2 Å². The van der Waals surface area contributed by atoms with Gasteiger partial charge in [-0.05, 0) is 29.3 Å². The normalized spacial score (nSPS) is 17.2. The molecule has 0 saturated carbocycles. The first-order valence-corrected chi connectivity index (χ1v) is 9.57. The third kappa shape index (κ3) is 4.53. The van der Waals surface area contributed by atoms with Gasteiger partial charge in [0.15, 0.2) is 0 Å². The Hall–Kier alpha value is -2.82. The van der Waals surface area contributed by atoms with E-state index in [1.54, 1.807) is 0 Å². The molecule has 28 heavy (non-hydrogen) atoms. The van der Waals surface area contributed by atoms with E-state index in [4.69, 9.17) is 14.2 Å². The summed E-state index contributed by atoms with van der Waals surface area (Å²) in [6.45, 7) is 1.85. The monoisotopic (exact) mass is 376 g/mol. The van der Waals surface area contributed by atoms with Crippen molar-refractivity contribution in [3.05, 3.63) is 95.6 Å². The van der Waals surface area contributed by atoms with Gasteiger partial charge in [-0.1, -0.05) is 60.7 Å². The van der Waals surface area contributed by atoms with Gasteiger partial charge in [0.1, 0.15) is 30.3 Å². The quantitative estimate of drug-likeness (QED) is 0.659. The molecular weight excluding hydrogens is 352 g/mol. The number of para-hydroxylation sites is 1. The highest BCUT2D eigenvalue weighted by atomic mass is 16.5. The molecule has 2 unspecified atom stereocenters. The standard InChI is InChI=1S/C24H24O4/c25-24(19-10-12-20(13-11-19)28-21-14-15-26-17-21)22-8-4-5-9-23(22)27-16-18-6-2-1-3-7-18/h1-13,21,24-25H,14-17H2. The van der Waals surface area contributed by atoms with Crippen LogP contribution >= 0.6 is 0 Å². The van der Waals surface area contributed by atoms with Gasteiger partial charge in [0.2, 0.25) is 0 Å². The highest BCUT2D eigenvalue weighted by Crippen LogP contribution is 2.31. The average molecular weight is 376 g/mol. The van der Waals surface area contributed by atoms with Crippen LogP contribution in [-0.2, 0) is 11.3 Å². The number of aliphatic hydroxyl groups is 1. The first-order valence-electron chi connectivity index (χ1n) is 9.57. The Balaban J connectivity index is 1.46. The predicted octanol–water partition coefficient (Wildman–Crippen LogP) is 4.52. The van der Waals surface area contributed by atoms with Crippen LogP contribution in [0.4, 0.5) is 0 Å². The van der Waals surface area contributed by atoms with Crippen LogP contribution in [0, 0.1) is 0 Å². The molecule has 4 heteroatoms. The van der Waals surface area contributed by atoms with E-state index >= 15 is 0 Å². The molecule has 0 amide bonds. The van der Waals surface area contributed by atoms with Crippen molar-refractivity contribution in [2.45, 2.75) is 25.2 Å². The largest absolute Gasteiger partial charge is 0.489 e. The zero-order chi connectivity index (χ0) is 19.2. The van der Waals surface area contributed by atoms with Gasteiger partial charge >= 0.3 is 0 Å². The maximum atomic E-state index is 10.9. The van der Waals surface area contributed by atoms with Gasteiger partial charge in [0.25, 0.3) is 0 Å². The summed E-state index contributed by atoms with van der Waals surface area (Å²) in [6.07, 6.45) is 0.259. The van der Waals surface area contributed by atoms with E-state index < -0.39 is 6.10 Å². The van der Waals surface area contributed by atoms with Crippen LogP contribution in [0.5, 0.6) is 11.5 Å². The lowest BCUT2D eigenvalue weighted by molar-refractivity contribution is 0.141. The second kappa shape index (κ2) is 8.91. The second-order valence-corrected chi connectivity index (χ2v) is 6.89. The summed E-state index contributed by atoms with van der Waals surface area (Å²) < 4.78 is 17.2. The number of benzene rings is 3. The minimum atomic E-state index is -0.768. The first kappa shape index (κ1) is 18.5. The molecule has 1 fully saturated rings. The molecule has 0 aliphatic carbocycles. The molecule has 0 bridgehead atoms. The zero-order valence-electron chi connectivity index (χ0n) is 15.7. The molecular formula is C24H24O4. The molecule has 1 N–H and O–H groups in total. The molecule has 1 saturated heterocycles. The smallest absolute Gasteiger partial charge is 0.125 e. The van der Waals surface area contributed by atoms with E-state index in [2.05, 4.69) is 0 Å². The Morgan fingerprint density at radius 3 is 2.43 bits per heavy atom. The minimum absolute atomic E-state index is 0.114. The molecule has 3 aromatic rings. The van der Waals surface area contributed by atoms with Crippen molar-refractivity contribution < 1.29 is 19.3 Å². The number of ether oxygens (including phenoxy) is 3. The maximum Gasteiger partial charge on any atom is 0.125 e. The Bertz CT molecular complexity index is 871. The SMILES string of the molecule is OC(c1ccc(OC2CCOC2)cc1)c1ccccc1OCc1ccccc1. The van der Waals surface area contributed by atoms with Crippen molar-refractivity contribution in [2.24, 2.45) is 0 Å². The van der Waals surface area contributed by atoms with Gasteiger partial charge in [-0.2, -0.15) is 0 Å². The van der Waals surface area contributed by atoms with Crippen LogP contribution in [0.2, 0.25) is 0 Å². The Kier molecular flexibility index (Phi) is 5.90. The average Bonchev–Trinajstić information content (AvgIpc) is 3.26. The van der Waals surface area contributed by atoms with Crippen LogP contribution in [-0.4, -0.2) is 24.4 Å². The van der Waals surface area contributed by atoms with E-state index in [1.165, 1.54) is 0 Å². The van der Waals surface area contributed by atoms with Gasteiger partial charge in [-0.25, -0.2) is 0 Å². The van der Waals surface area contributed by atoms with Gasteiger partial charge in [0, 0.05) is 12.0 Å². The van der Waals surface area contributed by atoms with Crippen LogP contribution in [0.15, 0.2) is 78.9 Å². The summed E-state index contributed by atoms with van der Waals surface area (Å²) in [7, 11) is 0. The third-order valence-electron chi connectivity index (χ3n) is 4.84. The van der Waals surface area contributed by atoms with Crippen molar-refractivity contribution in [1.82, 2.24) is 0 Å². The summed E-state index contributed by atoms with van der Waals surface area (Å²) in [4.78, 5) is 0. The molecule has 2 atom stereocenters. The fourth-order valence-corrected chi connectivity index (χ4v) is 3.28. The number of aliphatic hydroxyl groups excluding tert-OH is 1. The molecule has 0 spiro atoms. The van der Waals surface area contributed by atoms with E-state index in [1.807, 2.05) is 78.9 Å². The van der Waals surface area contributed by atoms with Gasteiger partial charge in [0.05, 0.1) is 13.2 Å². The number of rotatable bonds is 7. The highest BCUT2D eigenvalue weighted by Gasteiger charge is 2.18. The lowest BCUT2D eigenvalue weighted by Gasteiger charge is -2.17. The molecule has 3 aromatic carbocycles. The molecule has 1 aliphatic rings. The summed E-state index contributed by atoms with van der Waals surface area (Å²) in [5, 5.41) is 10.9. The van der Waals surface area contributed by atoms with E-state index in [-0.39, 0.29) is 6.10 Å². The predicted molar refractivity (Wildman–Crippen MR) is 108 cm³/mol. The fourth-order valence-electron chi connectivity index (χ4n) is 3.28. The Morgan fingerprint density at radius 1 is 0.929 bits per heavy atom. The molecule has 1 heterocycles. The fraction of sp³-hybridized carbons (Fsp3) is 0.250. The molecule has 4 rings (SSSR count). The molecule has 144 valence electrons.